The number of fused-ring (bicyclic) bond motifs is 1. The zero-order chi connectivity index (χ0) is 20.2. The Hall–Kier alpha value is -2.54. The van der Waals surface area contributed by atoms with Gasteiger partial charge in [-0.15, -0.1) is 0 Å². The van der Waals surface area contributed by atoms with Crippen LogP contribution < -0.4 is 4.90 Å². The van der Waals surface area contributed by atoms with Crippen LogP contribution in [0, 0.1) is 24.0 Å². The molecule has 4 heterocycles. The predicted octanol–water partition coefficient (Wildman–Crippen LogP) is 3.46. The lowest BCUT2D eigenvalue weighted by atomic mass is 9.77. The Bertz CT molecular complexity index is 937. The molecule has 1 spiro atoms. The first-order valence-electron chi connectivity index (χ1n) is 10.2. The molecule has 0 N–H and O–H groups in total. The van der Waals surface area contributed by atoms with Crippen molar-refractivity contribution in [2.45, 2.75) is 32.2 Å². The summed E-state index contributed by atoms with van der Waals surface area (Å²) < 4.78 is 27.5. The number of benzene rings is 1. The smallest absolute Gasteiger partial charge is 0.245 e. The Morgan fingerprint density at radius 2 is 1.79 bits per heavy atom. The van der Waals surface area contributed by atoms with Gasteiger partial charge >= 0.3 is 0 Å². The SMILES string of the molecule is Cc1cc(N2CCC3(CC2)CN2CC[C@@H](c4cc(F)cc(F)c4)N2C3=O)ccn1. The van der Waals surface area contributed by atoms with E-state index in [0.717, 1.165) is 49.9 Å². The number of rotatable bonds is 2. The number of anilines is 1. The standard InChI is InChI=1S/C22H24F2N4O/c1-15-10-19(2-6-25-15)26-8-4-22(5-9-26)14-27-7-3-20(28(27)21(22)29)16-11-17(23)13-18(24)12-16/h2,6,10-13,20H,3-5,7-9,14H2,1H3/t20-/m0/s1. The molecular weight excluding hydrogens is 374 g/mol. The predicted molar refractivity (Wildman–Crippen MR) is 105 cm³/mol. The van der Waals surface area contributed by atoms with Crippen molar-refractivity contribution in [2.75, 3.05) is 31.1 Å². The van der Waals surface area contributed by atoms with Crippen molar-refractivity contribution in [1.82, 2.24) is 15.0 Å². The Morgan fingerprint density at radius 3 is 2.48 bits per heavy atom. The van der Waals surface area contributed by atoms with Gasteiger partial charge in [-0.2, -0.15) is 0 Å². The third kappa shape index (κ3) is 3.08. The van der Waals surface area contributed by atoms with Gasteiger partial charge in [0.05, 0.1) is 11.5 Å². The number of amides is 1. The quantitative estimate of drug-likeness (QED) is 0.777. The molecule has 3 fully saturated rings. The summed E-state index contributed by atoms with van der Waals surface area (Å²) in [7, 11) is 0. The van der Waals surface area contributed by atoms with Crippen LogP contribution in [0.25, 0.3) is 0 Å². The minimum Gasteiger partial charge on any atom is -0.371 e. The lowest BCUT2D eigenvalue weighted by Crippen LogP contribution is -2.46. The van der Waals surface area contributed by atoms with E-state index < -0.39 is 17.0 Å². The second-order valence-electron chi connectivity index (χ2n) is 8.47. The summed E-state index contributed by atoms with van der Waals surface area (Å²) in [5, 5.41) is 3.86. The average molecular weight is 398 g/mol. The fourth-order valence-corrected chi connectivity index (χ4v) is 5.15. The van der Waals surface area contributed by atoms with E-state index in [1.54, 1.807) is 5.01 Å². The van der Waals surface area contributed by atoms with E-state index in [-0.39, 0.29) is 11.9 Å². The molecule has 29 heavy (non-hydrogen) atoms. The van der Waals surface area contributed by atoms with Gasteiger partial charge in [-0.05, 0) is 56.0 Å². The topological polar surface area (TPSA) is 39.7 Å². The second kappa shape index (κ2) is 6.76. The van der Waals surface area contributed by atoms with Crippen molar-refractivity contribution >= 4 is 11.6 Å². The van der Waals surface area contributed by atoms with Crippen LogP contribution in [0.4, 0.5) is 14.5 Å². The number of hydrogen-bond acceptors (Lipinski definition) is 4. The summed E-state index contributed by atoms with van der Waals surface area (Å²) in [5.41, 5.74) is 2.27. The van der Waals surface area contributed by atoms with Crippen molar-refractivity contribution in [3.63, 3.8) is 0 Å². The number of aromatic nitrogens is 1. The second-order valence-corrected chi connectivity index (χ2v) is 8.47. The minimum atomic E-state index is -0.597. The summed E-state index contributed by atoms with van der Waals surface area (Å²) in [4.78, 5) is 20.1. The molecule has 0 bridgehead atoms. The van der Waals surface area contributed by atoms with E-state index in [9.17, 15) is 13.6 Å². The van der Waals surface area contributed by atoms with E-state index in [2.05, 4.69) is 21.0 Å². The van der Waals surface area contributed by atoms with Gasteiger partial charge in [0, 0.05) is 49.8 Å². The van der Waals surface area contributed by atoms with Crippen LogP contribution in [0.2, 0.25) is 0 Å². The Labute approximate surface area is 168 Å². The molecule has 3 aliphatic heterocycles. The molecule has 152 valence electrons. The average Bonchev–Trinajstić information content (AvgIpc) is 3.20. The summed E-state index contributed by atoms with van der Waals surface area (Å²) in [6.45, 7) is 5.05. The fraction of sp³-hybridized carbons (Fsp3) is 0.455. The third-order valence-electron chi connectivity index (χ3n) is 6.64. The van der Waals surface area contributed by atoms with Crippen LogP contribution in [0.15, 0.2) is 36.5 Å². The van der Waals surface area contributed by atoms with Crippen molar-refractivity contribution in [1.29, 1.82) is 0 Å². The summed E-state index contributed by atoms with van der Waals surface area (Å²) in [6, 6.07) is 7.38. The molecule has 0 unspecified atom stereocenters. The largest absolute Gasteiger partial charge is 0.371 e. The molecule has 0 aliphatic carbocycles. The highest BCUT2D eigenvalue weighted by Gasteiger charge is 2.56. The third-order valence-corrected chi connectivity index (χ3v) is 6.64. The monoisotopic (exact) mass is 398 g/mol. The first kappa shape index (κ1) is 18.5. The molecule has 5 rings (SSSR count). The first-order valence-corrected chi connectivity index (χ1v) is 10.2. The molecular formula is C22H24F2N4O. The van der Waals surface area contributed by atoms with Crippen molar-refractivity contribution in [3.05, 3.63) is 59.4 Å². The van der Waals surface area contributed by atoms with Crippen molar-refractivity contribution in [3.8, 4) is 0 Å². The number of piperidine rings is 1. The van der Waals surface area contributed by atoms with Crippen LogP contribution in [-0.4, -0.2) is 47.1 Å². The van der Waals surface area contributed by atoms with Gasteiger partial charge in [0.25, 0.3) is 0 Å². The van der Waals surface area contributed by atoms with Gasteiger partial charge in [0.1, 0.15) is 11.6 Å². The van der Waals surface area contributed by atoms with Crippen molar-refractivity contribution < 1.29 is 13.6 Å². The zero-order valence-electron chi connectivity index (χ0n) is 16.4. The maximum absolute atomic E-state index is 13.7. The van der Waals surface area contributed by atoms with E-state index in [1.165, 1.54) is 12.1 Å². The summed E-state index contributed by atoms with van der Waals surface area (Å²) in [5.74, 6) is -1.09. The summed E-state index contributed by atoms with van der Waals surface area (Å²) >= 11 is 0. The molecule has 1 aromatic carbocycles. The van der Waals surface area contributed by atoms with Crippen LogP contribution >= 0.6 is 0 Å². The summed E-state index contributed by atoms with van der Waals surface area (Å²) in [6.07, 6.45) is 4.09. The van der Waals surface area contributed by atoms with Crippen molar-refractivity contribution in [2.24, 2.45) is 5.41 Å². The molecule has 1 aromatic heterocycles. The lowest BCUT2D eigenvalue weighted by molar-refractivity contribution is -0.143. The number of nitrogens with zero attached hydrogens (tertiary/aromatic N) is 4. The highest BCUT2D eigenvalue weighted by Crippen LogP contribution is 2.47. The van der Waals surface area contributed by atoms with Gasteiger partial charge < -0.3 is 4.90 Å². The van der Waals surface area contributed by atoms with Crippen LogP contribution in [0.5, 0.6) is 0 Å². The van der Waals surface area contributed by atoms with E-state index in [4.69, 9.17) is 0 Å². The van der Waals surface area contributed by atoms with Gasteiger partial charge in [-0.25, -0.2) is 13.8 Å². The molecule has 3 aliphatic rings. The maximum Gasteiger partial charge on any atom is 0.245 e. The Morgan fingerprint density at radius 1 is 1.07 bits per heavy atom. The molecule has 1 amide bonds. The molecule has 3 saturated heterocycles. The van der Waals surface area contributed by atoms with Gasteiger partial charge in [0.2, 0.25) is 5.91 Å². The normalized spacial score (nSPS) is 23.8. The number of aryl methyl sites for hydroxylation is 1. The van der Waals surface area contributed by atoms with Crippen LogP contribution in [0.3, 0.4) is 0 Å². The Balaban J connectivity index is 1.35. The zero-order valence-corrected chi connectivity index (χ0v) is 16.4. The van der Waals surface area contributed by atoms with Gasteiger partial charge in [-0.3, -0.25) is 14.8 Å². The number of carbonyl (C=O) groups excluding carboxylic acids is 1. The van der Waals surface area contributed by atoms with Gasteiger partial charge in [0.15, 0.2) is 0 Å². The minimum absolute atomic E-state index is 0.107. The highest BCUT2D eigenvalue weighted by atomic mass is 19.1. The maximum atomic E-state index is 13.7. The number of hydrogen-bond donors (Lipinski definition) is 0. The van der Waals surface area contributed by atoms with Crippen LogP contribution in [-0.2, 0) is 4.79 Å². The molecule has 1 atom stereocenters. The van der Waals surface area contributed by atoms with E-state index in [0.29, 0.717) is 18.5 Å². The van der Waals surface area contributed by atoms with E-state index >= 15 is 0 Å². The fourth-order valence-electron chi connectivity index (χ4n) is 5.15. The molecule has 0 radical (unpaired) electrons. The van der Waals surface area contributed by atoms with Crippen LogP contribution in [0.1, 0.15) is 36.6 Å². The lowest BCUT2D eigenvalue weighted by Gasteiger charge is -2.39. The number of pyridine rings is 1. The van der Waals surface area contributed by atoms with E-state index in [1.807, 2.05) is 19.2 Å². The molecule has 2 aromatic rings. The first-order chi connectivity index (χ1) is 13.9. The molecule has 0 saturated carbocycles. The number of halogens is 2. The molecule has 5 nitrogen and oxygen atoms in total. The van der Waals surface area contributed by atoms with Gasteiger partial charge in [-0.1, -0.05) is 0 Å². The Kier molecular flexibility index (Phi) is 4.31. The highest BCUT2D eigenvalue weighted by molar-refractivity contribution is 5.85. The number of hydrazine groups is 1. The number of carbonyl (C=O) groups is 1. The molecule has 7 heteroatoms.